The molecule has 0 saturated heterocycles. The first-order valence-electron chi connectivity index (χ1n) is 8.86. The van der Waals surface area contributed by atoms with Crippen molar-refractivity contribution < 1.29 is 0 Å². The summed E-state index contributed by atoms with van der Waals surface area (Å²) in [4.78, 5) is 4.62. The first-order valence-corrected chi connectivity index (χ1v) is 9.84. The number of allylic oxidation sites excluding steroid dienone is 4. The molecule has 0 aromatic heterocycles. The van der Waals surface area contributed by atoms with E-state index in [0.717, 1.165) is 28.4 Å². The van der Waals surface area contributed by atoms with E-state index in [1.54, 1.807) is 18.0 Å². The molecule has 0 N–H and O–H groups in total. The lowest BCUT2D eigenvalue weighted by Crippen LogP contribution is -1.94. The summed E-state index contributed by atoms with van der Waals surface area (Å²) >= 11 is 1.79. The smallest absolute Gasteiger partial charge is 0.0974 e. The lowest BCUT2D eigenvalue weighted by molar-refractivity contribution is 1.19. The van der Waals surface area contributed by atoms with Gasteiger partial charge in [0.2, 0.25) is 0 Å². The summed E-state index contributed by atoms with van der Waals surface area (Å²) in [7, 11) is 0. The van der Waals surface area contributed by atoms with E-state index in [-0.39, 0.29) is 0 Å². The van der Waals surface area contributed by atoms with Crippen LogP contribution in [0.4, 0.5) is 0 Å². The summed E-state index contributed by atoms with van der Waals surface area (Å²) in [6, 6.07) is 20.9. The van der Waals surface area contributed by atoms with Crippen LogP contribution in [0.15, 0.2) is 95.3 Å². The number of nitrogens with zero attached hydrogens (tertiary/aromatic N) is 1. The fourth-order valence-electron chi connectivity index (χ4n) is 2.75. The molecule has 1 heterocycles. The lowest BCUT2D eigenvalue weighted by atomic mass is 9.93. The second-order valence-electron chi connectivity index (χ2n) is 6.32. The van der Waals surface area contributed by atoms with E-state index in [2.05, 4.69) is 85.3 Å². The molecule has 0 saturated carbocycles. The molecular weight excluding hydrogens is 334 g/mol. The summed E-state index contributed by atoms with van der Waals surface area (Å²) in [6.45, 7) is 4.28. The minimum Gasteiger partial charge on any atom is -0.242 e. The van der Waals surface area contributed by atoms with Gasteiger partial charge < -0.3 is 0 Å². The summed E-state index contributed by atoms with van der Waals surface area (Å²) in [5.41, 5.74) is 9.35. The molecule has 1 nitrogen and oxygen atoms in total. The molecule has 0 atom stereocenters. The standard InChI is InChI=1S/C24H23NS/c1-19(2)10-9-17-26-24-18-23(21-13-7-4-8-14-21)22(15-16-25-24)20-11-5-3-6-12-20/h3-8,10-14,16,18H,9,17H2,1-2H3. The molecule has 130 valence electrons. The highest BCUT2D eigenvalue weighted by atomic mass is 32.2. The monoisotopic (exact) mass is 357 g/mol. The van der Waals surface area contributed by atoms with Crippen molar-refractivity contribution in [2.75, 3.05) is 5.75 Å². The molecule has 0 aliphatic carbocycles. The van der Waals surface area contributed by atoms with Crippen LogP contribution in [-0.2, 0) is 0 Å². The van der Waals surface area contributed by atoms with E-state index in [9.17, 15) is 0 Å². The van der Waals surface area contributed by atoms with Gasteiger partial charge in [-0.25, -0.2) is 4.99 Å². The van der Waals surface area contributed by atoms with Crippen LogP contribution in [0.5, 0.6) is 0 Å². The Morgan fingerprint density at radius 1 is 0.962 bits per heavy atom. The Labute approximate surface area is 160 Å². The molecule has 2 aromatic rings. The molecule has 1 aliphatic heterocycles. The number of hydrogen-bond donors (Lipinski definition) is 0. The van der Waals surface area contributed by atoms with Crippen molar-refractivity contribution in [1.29, 1.82) is 0 Å². The quantitative estimate of drug-likeness (QED) is 0.327. The van der Waals surface area contributed by atoms with Gasteiger partial charge in [-0.15, -0.1) is 11.8 Å². The highest BCUT2D eigenvalue weighted by Crippen LogP contribution is 2.32. The summed E-state index contributed by atoms with van der Waals surface area (Å²) < 4.78 is 0. The molecule has 0 radical (unpaired) electrons. The Morgan fingerprint density at radius 2 is 1.62 bits per heavy atom. The molecule has 2 aromatic carbocycles. The highest BCUT2D eigenvalue weighted by molar-refractivity contribution is 8.14. The number of benzene rings is 2. The number of thioether (sulfide) groups is 1. The lowest BCUT2D eigenvalue weighted by Gasteiger charge is -2.11. The largest absolute Gasteiger partial charge is 0.242 e. The average Bonchev–Trinajstić information content (AvgIpc) is 2.89. The summed E-state index contributed by atoms with van der Waals surface area (Å²) in [6.07, 6.45) is 7.33. The summed E-state index contributed by atoms with van der Waals surface area (Å²) in [5, 5.41) is 1.03. The van der Waals surface area contributed by atoms with Gasteiger partial charge in [0.05, 0.1) is 11.2 Å². The minimum absolute atomic E-state index is 1.02. The Balaban J connectivity index is 1.92. The van der Waals surface area contributed by atoms with Crippen molar-refractivity contribution in [3.63, 3.8) is 0 Å². The predicted octanol–water partition coefficient (Wildman–Crippen LogP) is 6.77. The molecule has 0 spiro atoms. The first-order chi connectivity index (χ1) is 12.7. The van der Waals surface area contributed by atoms with Gasteiger partial charge in [-0.05, 0) is 43.0 Å². The maximum Gasteiger partial charge on any atom is 0.0974 e. The van der Waals surface area contributed by atoms with Gasteiger partial charge in [-0.3, -0.25) is 0 Å². The van der Waals surface area contributed by atoms with Crippen LogP contribution in [0.2, 0.25) is 0 Å². The predicted molar refractivity (Wildman–Crippen MR) is 116 cm³/mol. The Kier molecular flexibility index (Phi) is 6.49. The van der Waals surface area contributed by atoms with Gasteiger partial charge in [0.25, 0.3) is 0 Å². The van der Waals surface area contributed by atoms with Crippen molar-refractivity contribution in [1.82, 2.24) is 0 Å². The third kappa shape index (κ3) is 4.98. The second kappa shape index (κ2) is 9.24. The van der Waals surface area contributed by atoms with Gasteiger partial charge in [-0.2, -0.15) is 0 Å². The topological polar surface area (TPSA) is 12.4 Å². The van der Waals surface area contributed by atoms with E-state index < -0.39 is 0 Å². The van der Waals surface area contributed by atoms with E-state index >= 15 is 0 Å². The van der Waals surface area contributed by atoms with E-state index in [1.165, 1.54) is 16.7 Å². The second-order valence-corrected chi connectivity index (χ2v) is 7.44. The molecule has 0 unspecified atom stereocenters. The number of hydrogen-bond acceptors (Lipinski definition) is 2. The van der Waals surface area contributed by atoms with Gasteiger partial charge >= 0.3 is 0 Å². The van der Waals surface area contributed by atoms with E-state index in [0.29, 0.717) is 0 Å². The number of aliphatic imine (C=N–C) groups is 1. The number of rotatable bonds is 5. The van der Waals surface area contributed by atoms with Crippen molar-refractivity contribution in [3.05, 3.63) is 101 Å². The van der Waals surface area contributed by atoms with Gasteiger partial charge in [-0.1, -0.05) is 78.0 Å². The Morgan fingerprint density at radius 3 is 2.27 bits per heavy atom. The van der Waals surface area contributed by atoms with Crippen molar-refractivity contribution in [2.45, 2.75) is 20.3 Å². The zero-order chi connectivity index (χ0) is 18.2. The Hall–Kier alpha value is -2.54. The van der Waals surface area contributed by atoms with Gasteiger partial charge in [0, 0.05) is 11.3 Å². The van der Waals surface area contributed by atoms with Crippen LogP contribution in [0, 0.1) is 0 Å². The zero-order valence-electron chi connectivity index (χ0n) is 15.3. The molecular formula is C24H23NS. The molecule has 0 fully saturated rings. The van der Waals surface area contributed by atoms with Crippen LogP contribution in [0.3, 0.4) is 0 Å². The van der Waals surface area contributed by atoms with Crippen molar-refractivity contribution >= 4 is 28.0 Å². The Bertz CT molecular complexity index is 892. The molecule has 0 bridgehead atoms. The molecule has 1 aliphatic rings. The van der Waals surface area contributed by atoms with Crippen LogP contribution < -0.4 is 0 Å². The van der Waals surface area contributed by atoms with Gasteiger partial charge in [0.1, 0.15) is 0 Å². The molecule has 26 heavy (non-hydrogen) atoms. The van der Waals surface area contributed by atoms with Crippen molar-refractivity contribution in [2.24, 2.45) is 4.99 Å². The third-order valence-electron chi connectivity index (χ3n) is 4.01. The van der Waals surface area contributed by atoms with Crippen LogP contribution >= 0.6 is 11.8 Å². The molecule has 0 amide bonds. The fourth-order valence-corrected chi connectivity index (χ4v) is 3.52. The van der Waals surface area contributed by atoms with Crippen molar-refractivity contribution in [3.8, 4) is 0 Å². The maximum atomic E-state index is 4.62. The van der Waals surface area contributed by atoms with Crippen LogP contribution in [-0.4, -0.2) is 10.8 Å². The maximum absolute atomic E-state index is 4.62. The zero-order valence-corrected chi connectivity index (χ0v) is 16.1. The van der Waals surface area contributed by atoms with Crippen LogP contribution in [0.1, 0.15) is 31.4 Å². The van der Waals surface area contributed by atoms with E-state index in [4.69, 9.17) is 0 Å². The third-order valence-corrected chi connectivity index (χ3v) is 4.96. The fraction of sp³-hybridized carbons (Fsp3) is 0.167. The normalized spacial score (nSPS) is 13.4. The van der Waals surface area contributed by atoms with E-state index in [1.807, 2.05) is 12.1 Å². The SMILES string of the molecule is CC(C)=CCCSC1=NC=C=C(c2ccccc2)C(c2ccccc2)=C1. The van der Waals surface area contributed by atoms with Crippen LogP contribution in [0.25, 0.3) is 11.1 Å². The first kappa shape index (κ1) is 18.3. The average molecular weight is 358 g/mol. The van der Waals surface area contributed by atoms with Gasteiger partial charge in [0.15, 0.2) is 0 Å². The summed E-state index contributed by atoms with van der Waals surface area (Å²) in [5.74, 6) is 1.02. The highest BCUT2D eigenvalue weighted by Gasteiger charge is 2.13. The molecule has 3 rings (SSSR count). The minimum atomic E-state index is 1.02. The molecule has 2 heteroatoms.